The average molecular weight is 447 g/mol. The number of aryl methyl sites for hydroxylation is 2. The molecule has 3 heterocycles. The SMILES string of the molecule is Cc1nc2[nH]c(=O)sc2c(C)c1N=Nc1ccc(S(=O)(=O)Nc2nccs2)cc1. The molecule has 2 N–H and O–H groups in total. The predicted octanol–water partition coefficient (Wildman–Crippen LogP) is 4.27. The lowest BCUT2D eigenvalue weighted by molar-refractivity contribution is 0.601. The van der Waals surface area contributed by atoms with E-state index in [0.29, 0.717) is 27.8 Å². The molecule has 148 valence electrons. The maximum absolute atomic E-state index is 12.4. The molecule has 4 rings (SSSR count). The van der Waals surface area contributed by atoms with Gasteiger partial charge < -0.3 is 0 Å². The van der Waals surface area contributed by atoms with E-state index in [-0.39, 0.29) is 9.77 Å². The Morgan fingerprint density at radius 1 is 1.14 bits per heavy atom. The van der Waals surface area contributed by atoms with E-state index in [4.69, 9.17) is 0 Å². The smallest absolute Gasteiger partial charge is 0.297 e. The highest BCUT2D eigenvalue weighted by Crippen LogP contribution is 2.31. The lowest BCUT2D eigenvalue weighted by Gasteiger charge is -2.05. The molecule has 0 atom stereocenters. The summed E-state index contributed by atoms with van der Waals surface area (Å²) in [6, 6.07) is 6.02. The van der Waals surface area contributed by atoms with Crippen LogP contribution in [0.5, 0.6) is 0 Å². The van der Waals surface area contributed by atoms with E-state index in [1.165, 1.54) is 29.7 Å². The number of pyridine rings is 1. The van der Waals surface area contributed by atoms with Crippen LogP contribution in [0.2, 0.25) is 0 Å². The number of H-pyrrole nitrogens is 1. The zero-order valence-corrected chi connectivity index (χ0v) is 17.7. The number of aromatic nitrogens is 3. The van der Waals surface area contributed by atoms with Crippen LogP contribution in [0.15, 0.2) is 55.8 Å². The molecule has 0 aliphatic heterocycles. The van der Waals surface area contributed by atoms with Crippen molar-refractivity contribution < 1.29 is 8.42 Å². The number of hydrogen-bond donors (Lipinski definition) is 2. The van der Waals surface area contributed by atoms with Crippen LogP contribution in [0.3, 0.4) is 0 Å². The first-order chi connectivity index (χ1) is 13.8. The van der Waals surface area contributed by atoms with Crippen LogP contribution in [0, 0.1) is 13.8 Å². The second-order valence-electron chi connectivity index (χ2n) is 6.00. The van der Waals surface area contributed by atoms with Crippen molar-refractivity contribution in [1.82, 2.24) is 15.0 Å². The van der Waals surface area contributed by atoms with E-state index in [1.807, 2.05) is 6.92 Å². The van der Waals surface area contributed by atoms with E-state index >= 15 is 0 Å². The van der Waals surface area contributed by atoms with Crippen LogP contribution in [0.25, 0.3) is 10.3 Å². The summed E-state index contributed by atoms with van der Waals surface area (Å²) >= 11 is 2.27. The van der Waals surface area contributed by atoms with E-state index in [1.54, 1.807) is 24.4 Å². The third-order valence-electron chi connectivity index (χ3n) is 4.01. The molecule has 1 aromatic carbocycles. The number of rotatable bonds is 5. The molecule has 0 amide bonds. The monoisotopic (exact) mass is 446 g/mol. The molecule has 0 saturated heterocycles. The van der Waals surface area contributed by atoms with Crippen LogP contribution in [0.1, 0.15) is 11.3 Å². The second-order valence-corrected chi connectivity index (χ2v) is 9.56. The minimum absolute atomic E-state index is 0.0965. The number of hydrogen-bond acceptors (Lipinski definition) is 9. The largest absolute Gasteiger partial charge is 0.306 e. The number of nitrogens with zero attached hydrogens (tertiary/aromatic N) is 4. The van der Waals surface area contributed by atoms with Gasteiger partial charge in [0.05, 0.1) is 21.0 Å². The predicted molar refractivity (Wildman–Crippen MR) is 113 cm³/mol. The fourth-order valence-electron chi connectivity index (χ4n) is 2.65. The number of sulfonamides is 1. The molecule has 29 heavy (non-hydrogen) atoms. The number of fused-ring (bicyclic) bond motifs is 1. The van der Waals surface area contributed by atoms with Gasteiger partial charge in [-0.1, -0.05) is 11.3 Å². The summed E-state index contributed by atoms with van der Waals surface area (Å²) in [4.78, 5) is 22.5. The zero-order valence-electron chi connectivity index (χ0n) is 15.2. The van der Waals surface area contributed by atoms with Gasteiger partial charge in [-0.25, -0.2) is 18.4 Å². The molecule has 9 nitrogen and oxygen atoms in total. The standard InChI is InChI=1S/C17H14N6O3S3/c1-9-13(10(2)19-15-14(9)28-17(24)20-15)22-21-11-3-5-12(6-4-11)29(25,26)23-16-18-7-8-27-16/h3-8H,1-2H3,(H,18,23)(H,19,20,24). The average Bonchev–Trinajstić information content (AvgIpc) is 3.30. The molecule has 12 heteroatoms. The fraction of sp³-hybridized carbons (Fsp3) is 0.118. The number of azo groups is 1. The van der Waals surface area contributed by atoms with Gasteiger partial charge in [0.15, 0.2) is 10.8 Å². The maximum Gasteiger partial charge on any atom is 0.306 e. The lowest BCUT2D eigenvalue weighted by atomic mass is 10.2. The summed E-state index contributed by atoms with van der Waals surface area (Å²) in [6.07, 6.45) is 1.52. The van der Waals surface area contributed by atoms with Crippen molar-refractivity contribution in [2.45, 2.75) is 18.7 Å². The molecule has 0 saturated carbocycles. The first-order valence-corrected chi connectivity index (χ1v) is 11.5. The molecular formula is C17H14N6O3S3. The van der Waals surface area contributed by atoms with Gasteiger partial charge in [0.1, 0.15) is 5.69 Å². The Morgan fingerprint density at radius 2 is 1.90 bits per heavy atom. The van der Waals surface area contributed by atoms with Gasteiger partial charge in [0.25, 0.3) is 10.0 Å². The molecule has 0 unspecified atom stereocenters. The van der Waals surface area contributed by atoms with Crippen molar-refractivity contribution in [1.29, 1.82) is 0 Å². The highest BCUT2D eigenvalue weighted by Gasteiger charge is 2.15. The maximum atomic E-state index is 12.4. The topological polar surface area (TPSA) is 130 Å². The van der Waals surface area contributed by atoms with E-state index in [9.17, 15) is 13.2 Å². The third-order valence-corrected chi connectivity index (χ3v) is 7.18. The Balaban J connectivity index is 1.60. The van der Waals surface area contributed by atoms with Crippen molar-refractivity contribution in [2.24, 2.45) is 10.2 Å². The van der Waals surface area contributed by atoms with Crippen molar-refractivity contribution in [3.05, 3.63) is 56.8 Å². The lowest BCUT2D eigenvalue weighted by Crippen LogP contribution is -2.12. The first-order valence-electron chi connectivity index (χ1n) is 8.27. The quantitative estimate of drug-likeness (QED) is 0.442. The van der Waals surface area contributed by atoms with Crippen molar-refractivity contribution >= 4 is 59.6 Å². The molecular weight excluding hydrogens is 432 g/mol. The number of anilines is 1. The van der Waals surface area contributed by atoms with Gasteiger partial charge in [-0.3, -0.25) is 14.5 Å². The van der Waals surface area contributed by atoms with Crippen LogP contribution in [-0.2, 0) is 10.0 Å². The highest BCUT2D eigenvalue weighted by molar-refractivity contribution is 7.93. The summed E-state index contributed by atoms with van der Waals surface area (Å²) in [5.41, 5.74) is 3.05. The van der Waals surface area contributed by atoms with E-state index in [0.717, 1.165) is 21.6 Å². The Labute approximate surface area is 173 Å². The summed E-state index contributed by atoms with van der Waals surface area (Å²) in [5, 5.41) is 10.4. The van der Waals surface area contributed by atoms with Crippen LogP contribution in [-0.4, -0.2) is 23.4 Å². The van der Waals surface area contributed by atoms with Crippen molar-refractivity contribution in [3.8, 4) is 0 Å². The number of aromatic amines is 1. The Morgan fingerprint density at radius 3 is 2.59 bits per heavy atom. The van der Waals surface area contributed by atoms with Gasteiger partial charge in [-0.15, -0.1) is 16.5 Å². The van der Waals surface area contributed by atoms with Crippen molar-refractivity contribution in [3.63, 3.8) is 0 Å². The molecule has 0 fully saturated rings. The van der Waals surface area contributed by atoms with Gasteiger partial charge >= 0.3 is 4.87 Å². The van der Waals surface area contributed by atoms with Gasteiger partial charge in [-0.2, -0.15) is 5.11 Å². The summed E-state index contributed by atoms with van der Waals surface area (Å²) in [7, 11) is -3.72. The molecule has 4 aromatic rings. The zero-order chi connectivity index (χ0) is 20.6. The molecule has 3 aromatic heterocycles. The molecule has 0 aliphatic rings. The summed E-state index contributed by atoms with van der Waals surface area (Å²) in [5.74, 6) is 0. The van der Waals surface area contributed by atoms with Crippen molar-refractivity contribution in [2.75, 3.05) is 4.72 Å². The number of thiazole rings is 2. The Hall–Kier alpha value is -2.96. The van der Waals surface area contributed by atoms with Crippen LogP contribution < -0.4 is 9.60 Å². The third kappa shape index (κ3) is 3.95. The molecule has 0 aliphatic carbocycles. The van der Waals surface area contributed by atoms with E-state index < -0.39 is 10.0 Å². The van der Waals surface area contributed by atoms with E-state index in [2.05, 4.69) is 29.9 Å². The second kappa shape index (κ2) is 7.46. The van der Waals surface area contributed by atoms with Crippen LogP contribution in [0.4, 0.5) is 16.5 Å². The fourth-order valence-corrected chi connectivity index (χ4v) is 5.21. The molecule has 0 radical (unpaired) electrons. The summed E-state index contributed by atoms with van der Waals surface area (Å²) in [6.45, 7) is 3.64. The normalized spacial score (nSPS) is 12.1. The molecule has 0 bridgehead atoms. The highest BCUT2D eigenvalue weighted by atomic mass is 32.2. The molecule has 0 spiro atoms. The number of benzene rings is 1. The minimum Gasteiger partial charge on any atom is -0.297 e. The first kappa shape index (κ1) is 19.4. The Kier molecular flexibility index (Phi) is 4.98. The van der Waals surface area contributed by atoms with Gasteiger partial charge in [0.2, 0.25) is 0 Å². The number of nitrogens with one attached hydrogen (secondary N) is 2. The minimum atomic E-state index is -3.72. The van der Waals surface area contributed by atoms with Crippen LogP contribution >= 0.6 is 22.7 Å². The Bertz CT molecular complexity index is 1370. The van der Waals surface area contributed by atoms with Gasteiger partial charge in [-0.05, 0) is 43.7 Å². The summed E-state index contributed by atoms with van der Waals surface area (Å²) < 4.78 is 27.9. The van der Waals surface area contributed by atoms with Gasteiger partial charge in [0, 0.05) is 11.6 Å².